The van der Waals surface area contributed by atoms with Gasteiger partial charge in [0.05, 0.1) is 7.11 Å². The Morgan fingerprint density at radius 3 is 2.00 bits per heavy atom. The van der Waals surface area contributed by atoms with Gasteiger partial charge in [-0.15, -0.1) is 0 Å². The van der Waals surface area contributed by atoms with Gasteiger partial charge in [-0.1, -0.05) is 34.8 Å². The lowest BCUT2D eigenvalue weighted by Gasteiger charge is -2.13. The maximum atomic E-state index is 10.5. The molecule has 0 aromatic rings. The highest BCUT2D eigenvalue weighted by Crippen LogP contribution is 2.34. The van der Waals surface area contributed by atoms with Crippen molar-refractivity contribution in [1.29, 1.82) is 0 Å². The Bertz CT molecular complexity index is 181. The van der Waals surface area contributed by atoms with Gasteiger partial charge in [0.25, 0.3) is 0 Å². The quantitative estimate of drug-likeness (QED) is 0.403. The average Bonchev–Trinajstić information content (AvgIpc) is 1.79. The second-order valence-electron chi connectivity index (χ2n) is 1.82. The highest BCUT2D eigenvalue weighted by molar-refractivity contribution is 6.69. The van der Waals surface area contributed by atoms with Crippen LogP contribution < -0.4 is 0 Å². The molecule has 0 rings (SSSR count). The van der Waals surface area contributed by atoms with E-state index in [4.69, 9.17) is 34.8 Å². The van der Waals surface area contributed by atoms with Crippen LogP contribution in [0.5, 0.6) is 0 Å². The number of halogens is 3. The fourth-order valence-electron chi connectivity index (χ4n) is 0.441. The largest absolute Gasteiger partial charge is 0.496 e. The van der Waals surface area contributed by atoms with E-state index >= 15 is 0 Å². The molecule has 0 saturated carbocycles. The van der Waals surface area contributed by atoms with Gasteiger partial charge >= 0.3 is 0 Å². The molecule has 0 aliphatic rings. The van der Waals surface area contributed by atoms with Crippen LogP contribution in [0.2, 0.25) is 0 Å². The lowest BCUT2D eigenvalue weighted by atomic mass is 10.4. The van der Waals surface area contributed by atoms with Crippen LogP contribution in [0, 0.1) is 0 Å². The van der Waals surface area contributed by atoms with Crippen LogP contribution in [0.1, 0.15) is 6.92 Å². The van der Waals surface area contributed by atoms with Crippen LogP contribution >= 0.6 is 34.8 Å². The molecule has 0 aromatic heterocycles. The summed E-state index contributed by atoms with van der Waals surface area (Å²) in [6.45, 7) is 1.34. The Balaban J connectivity index is 4.54. The zero-order valence-corrected chi connectivity index (χ0v) is 8.30. The third kappa shape index (κ3) is 4.51. The van der Waals surface area contributed by atoms with Crippen molar-refractivity contribution in [1.82, 2.24) is 0 Å². The molecule has 0 atom stereocenters. The van der Waals surface area contributed by atoms with E-state index in [1.54, 1.807) is 0 Å². The Morgan fingerprint density at radius 2 is 1.91 bits per heavy atom. The molecule has 0 heterocycles. The highest BCUT2D eigenvalue weighted by Gasteiger charge is 2.27. The van der Waals surface area contributed by atoms with Crippen LogP contribution in [-0.4, -0.2) is 16.7 Å². The summed E-state index contributed by atoms with van der Waals surface area (Å²) in [5.74, 6) is -0.205. The van der Waals surface area contributed by atoms with E-state index in [0.29, 0.717) is 0 Å². The monoisotopic (exact) mass is 216 g/mol. The fraction of sp³-hybridized carbons (Fsp3) is 0.500. The van der Waals surface area contributed by atoms with Gasteiger partial charge in [-0.25, -0.2) is 0 Å². The highest BCUT2D eigenvalue weighted by atomic mass is 35.6. The SMILES string of the molecule is COC(=CC(C)=O)C(Cl)(Cl)Cl. The van der Waals surface area contributed by atoms with Crippen molar-refractivity contribution < 1.29 is 9.53 Å². The Kier molecular flexibility index (Phi) is 4.22. The summed E-state index contributed by atoms with van der Waals surface area (Å²) in [5, 5.41) is 0. The molecule has 0 aliphatic heterocycles. The number of hydrogen-bond acceptors (Lipinski definition) is 2. The van der Waals surface area contributed by atoms with E-state index in [1.165, 1.54) is 14.0 Å². The van der Waals surface area contributed by atoms with Crippen molar-refractivity contribution in [3.63, 3.8) is 0 Å². The van der Waals surface area contributed by atoms with Gasteiger partial charge in [-0.3, -0.25) is 4.79 Å². The summed E-state index contributed by atoms with van der Waals surface area (Å²) >= 11 is 16.3. The summed E-state index contributed by atoms with van der Waals surface area (Å²) in [6.07, 6.45) is 1.13. The first-order valence-electron chi connectivity index (χ1n) is 2.71. The van der Waals surface area contributed by atoms with Gasteiger partial charge in [0, 0.05) is 6.08 Å². The zero-order valence-electron chi connectivity index (χ0n) is 6.03. The number of carbonyl (C=O) groups is 1. The minimum atomic E-state index is -1.67. The topological polar surface area (TPSA) is 26.3 Å². The minimum Gasteiger partial charge on any atom is -0.496 e. The van der Waals surface area contributed by atoms with Gasteiger partial charge in [-0.05, 0) is 6.92 Å². The first kappa shape index (κ1) is 11.1. The van der Waals surface area contributed by atoms with Crippen molar-refractivity contribution in [2.45, 2.75) is 10.7 Å². The number of ether oxygens (including phenoxy) is 1. The van der Waals surface area contributed by atoms with Gasteiger partial charge in [0.1, 0.15) is 0 Å². The van der Waals surface area contributed by atoms with Gasteiger partial charge in [0.2, 0.25) is 3.79 Å². The standard InChI is InChI=1S/C6H7Cl3O2/c1-4(10)3-5(11-2)6(7,8)9/h3H,1-2H3. The van der Waals surface area contributed by atoms with Gasteiger partial charge in [0.15, 0.2) is 11.5 Å². The van der Waals surface area contributed by atoms with Crippen molar-refractivity contribution in [3.05, 3.63) is 11.8 Å². The van der Waals surface area contributed by atoms with Crippen molar-refractivity contribution in [3.8, 4) is 0 Å². The minimum absolute atomic E-state index is 0.0231. The molecule has 0 fully saturated rings. The predicted octanol–water partition coefficient (Wildman–Crippen LogP) is 2.48. The van der Waals surface area contributed by atoms with E-state index < -0.39 is 3.79 Å². The molecule has 64 valence electrons. The Hall–Kier alpha value is 0.0800. The molecular weight excluding hydrogens is 210 g/mol. The van der Waals surface area contributed by atoms with Gasteiger partial charge in [-0.2, -0.15) is 0 Å². The van der Waals surface area contributed by atoms with Crippen LogP contribution in [-0.2, 0) is 9.53 Å². The molecule has 0 N–H and O–H groups in total. The maximum absolute atomic E-state index is 10.5. The molecule has 0 bridgehead atoms. The summed E-state index contributed by atoms with van der Waals surface area (Å²) < 4.78 is 3.00. The lowest BCUT2D eigenvalue weighted by Crippen LogP contribution is -2.10. The van der Waals surface area contributed by atoms with Crippen LogP contribution in [0.15, 0.2) is 11.8 Å². The molecule has 0 unspecified atom stereocenters. The number of hydrogen-bond donors (Lipinski definition) is 0. The zero-order chi connectivity index (χ0) is 9.07. The van der Waals surface area contributed by atoms with Crippen molar-refractivity contribution in [2.24, 2.45) is 0 Å². The first-order valence-corrected chi connectivity index (χ1v) is 3.84. The number of carbonyl (C=O) groups excluding carboxylic acids is 1. The summed E-state index contributed by atoms with van der Waals surface area (Å²) in [4.78, 5) is 10.5. The molecule has 0 spiro atoms. The lowest BCUT2D eigenvalue weighted by molar-refractivity contribution is -0.112. The fourth-order valence-corrected chi connectivity index (χ4v) is 0.836. The molecule has 0 saturated heterocycles. The predicted molar refractivity (Wildman–Crippen MR) is 46.1 cm³/mol. The van der Waals surface area contributed by atoms with Crippen LogP contribution in [0.3, 0.4) is 0 Å². The number of rotatable bonds is 2. The normalized spacial score (nSPS) is 13.0. The van der Waals surface area contributed by atoms with E-state index in [-0.39, 0.29) is 11.5 Å². The first-order chi connectivity index (χ1) is 4.88. The van der Waals surface area contributed by atoms with Gasteiger partial charge < -0.3 is 4.74 Å². The van der Waals surface area contributed by atoms with Crippen molar-refractivity contribution >= 4 is 40.6 Å². The molecular formula is C6H7Cl3O2. The summed E-state index contributed by atoms with van der Waals surface area (Å²) in [5.41, 5.74) is 0. The molecule has 0 amide bonds. The number of methoxy groups -OCH3 is 1. The molecule has 0 aliphatic carbocycles. The number of ketones is 1. The summed E-state index contributed by atoms with van der Waals surface area (Å²) in [7, 11) is 1.33. The average molecular weight is 217 g/mol. The summed E-state index contributed by atoms with van der Waals surface area (Å²) in [6, 6.07) is 0. The number of alkyl halides is 3. The molecule has 11 heavy (non-hydrogen) atoms. The van der Waals surface area contributed by atoms with E-state index in [2.05, 4.69) is 4.74 Å². The van der Waals surface area contributed by atoms with E-state index in [9.17, 15) is 4.79 Å². The Morgan fingerprint density at radius 1 is 1.45 bits per heavy atom. The molecule has 0 radical (unpaired) electrons. The van der Waals surface area contributed by atoms with E-state index in [1.807, 2.05) is 0 Å². The maximum Gasteiger partial charge on any atom is 0.247 e. The van der Waals surface area contributed by atoms with Crippen molar-refractivity contribution in [2.75, 3.05) is 7.11 Å². The second-order valence-corrected chi connectivity index (χ2v) is 4.10. The molecule has 2 nitrogen and oxygen atoms in total. The van der Waals surface area contributed by atoms with E-state index in [0.717, 1.165) is 6.08 Å². The third-order valence-electron chi connectivity index (χ3n) is 0.834. The smallest absolute Gasteiger partial charge is 0.247 e. The third-order valence-corrected chi connectivity index (χ3v) is 1.39. The van der Waals surface area contributed by atoms with Crippen LogP contribution in [0.25, 0.3) is 0 Å². The van der Waals surface area contributed by atoms with Crippen LogP contribution in [0.4, 0.5) is 0 Å². The molecule has 5 heteroatoms. The Labute approximate surface area is 80.1 Å². The molecule has 0 aromatic carbocycles. The number of allylic oxidation sites excluding steroid dienone is 2. The second kappa shape index (κ2) is 4.19.